The van der Waals surface area contributed by atoms with Gasteiger partial charge in [0.2, 0.25) is 11.8 Å². The van der Waals surface area contributed by atoms with Crippen molar-refractivity contribution in [3.05, 3.63) is 29.8 Å². The van der Waals surface area contributed by atoms with E-state index in [9.17, 15) is 18.4 Å². The summed E-state index contributed by atoms with van der Waals surface area (Å²) in [5.41, 5.74) is 5.65. The fourth-order valence-electron chi connectivity index (χ4n) is 5.07. The molecule has 33 heavy (non-hydrogen) atoms. The van der Waals surface area contributed by atoms with Gasteiger partial charge in [0.05, 0.1) is 23.9 Å². The van der Waals surface area contributed by atoms with Crippen LogP contribution in [-0.2, 0) is 9.59 Å². The fourth-order valence-corrected chi connectivity index (χ4v) is 5.07. The van der Waals surface area contributed by atoms with E-state index in [1.54, 1.807) is 6.07 Å². The molecule has 3 aliphatic rings. The first kappa shape index (κ1) is 23.4. The number of carbonyl (C=O) groups excluding carboxylic acids is 2. The predicted molar refractivity (Wildman–Crippen MR) is 120 cm³/mol. The van der Waals surface area contributed by atoms with Crippen molar-refractivity contribution in [1.82, 2.24) is 10.2 Å². The van der Waals surface area contributed by atoms with E-state index < -0.39 is 40.8 Å². The Hall–Kier alpha value is -2.71. The van der Waals surface area contributed by atoms with Gasteiger partial charge in [0.25, 0.3) is 5.92 Å². The van der Waals surface area contributed by atoms with Crippen molar-refractivity contribution in [2.45, 2.75) is 76.5 Å². The third-order valence-electron chi connectivity index (χ3n) is 7.28. The SMILES string of the molecule is CCC1(CC)CC(=O)N(CC2C(C(=O)N[C@@H]3CC(C)(C)Oc4ccccc43)C2(F)F)C(N)=N1. The minimum atomic E-state index is -3.21. The number of guanidine groups is 1. The lowest BCUT2D eigenvalue weighted by Gasteiger charge is -2.38. The zero-order chi connectivity index (χ0) is 24.2. The van der Waals surface area contributed by atoms with Gasteiger partial charge in [-0.2, -0.15) is 0 Å². The van der Waals surface area contributed by atoms with Crippen molar-refractivity contribution >= 4 is 17.8 Å². The Kier molecular flexibility index (Phi) is 5.65. The first-order valence-electron chi connectivity index (χ1n) is 11.5. The molecular weight excluding hydrogens is 430 g/mol. The molecule has 2 unspecified atom stereocenters. The Morgan fingerprint density at radius 2 is 1.94 bits per heavy atom. The molecule has 3 N–H and O–H groups in total. The van der Waals surface area contributed by atoms with Crippen LogP contribution in [0.1, 0.15) is 65.0 Å². The van der Waals surface area contributed by atoms with Crippen LogP contribution >= 0.6 is 0 Å². The van der Waals surface area contributed by atoms with Gasteiger partial charge in [0.1, 0.15) is 17.3 Å². The summed E-state index contributed by atoms with van der Waals surface area (Å²) in [5, 5.41) is 2.81. The molecule has 1 aromatic rings. The lowest BCUT2D eigenvalue weighted by atomic mass is 9.88. The summed E-state index contributed by atoms with van der Waals surface area (Å²) in [4.78, 5) is 31.2. The molecule has 0 spiro atoms. The minimum absolute atomic E-state index is 0.0445. The van der Waals surface area contributed by atoms with Crippen LogP contribution in [-0.4, -0.2) is 46.3 Å². The number of benzene rings is 1. The van der Waals surface area contributed by atoms with E-state index in [0.29, 0.717) is 25.0 Å². The Morgan fingerprint density at radius 1 is 1.27 bits per heavy atom. The fraction of sp³-hybridized carbons (Fsp3) is 0.625. The largest absolute Gasteiger partial charge is 0.487 e. The van der Waals surface area contributed by atoms with Crippen LogP contribution in [0.2, 0.25) is 0 Å². The number of hydrogen-bond donors (Lipinski definition) is 2. The number of halogens is 2. The van der Waals surface area contributed by atoms with Crippen molar-refractivity contribution in [2.24, 2.45) is 22.6 Å². The zero-order valence-corrected chi connectivity index (χ0v) is 19.5. The third kappa shape index (κ3) is 4.17. The molecule has 2 amide bonds. The van der Waals surface area contributed by atoms with Gasteiger partial charge in [-0.15, -0.1) is 0 Å². The molecule has 1 aromatic carbocycles. The highest BCUT2D eigenvalue weighted by Crippen LogP contribution is 2.56. The molecule has 2 aliphatic heterocycles. The first-order valence-corrected chi connectivity index (χ1v) is 11.5. The van der Waals surface area contributed by atoms with E-state index >= 15 is 0 Å². The Labute approximate surface area is 192 Å². The van der Waals surface area contributed by atoms with Crippen LogP contribution in [0.5, 0.6) is 5.75 Å². The van der Waals surface area contributed by atoms with Crippen LogP contribution < -0.4 is 15.8 Å². The van der Waals surface area contributed by atoms with Gasteiger partial charge in [-0.1, -0.05) is 32.0 Å². The number of nitrogens with zero attached hydrogens (tertiary/aromatic N) is 2. The maximum absolute atomic E-state index is 14.7. The molecule has 0 radical (unpaired) electrons. The highest BCUT2D eigenvalue weighted by Gasteiger charge is 2.72. The number of amides is 2. The number of fused-ring (bicyclic) bond motifs is 1. The number of carbonyl (C=O) groups is 2. The average Bonchev–Trinajstić information content (AvgIpc) is 3.29. The number of nitrogens with one attached hydrogen (secondary N) is 1. The van der Waals surface area contributed by atoms with E-state index in [-0.39, 0.29) is 24.8 Å². The van der Waals surface area contributed by atoms with Crippen molar-refractivity contribution in [3.63, 3.8) is 0 Å². The molecule has 0 saturated heterocycles. The number of alkyl halides is 2. The second kappa shape index (κ2) is 7.95. The van der Waals surface area contributed by atoms with Crippen molar-refractivity contribution < 1.29 is 23.1 Å². The molecule has 0 aromatic heterocycles. The minimum Gasteiger partial charge on any atom is -0.487 e. The van der Waals surface area contributed by atoms with Gasteiger partial charge in [-0.05, 0) is 32.8 Å². The smallest absolute Gasteiger partial charge is 0.265 e. The van der Waals surface area contributed by atoms with Gasteiger partial charge in [0.15, 0.2) is 5.96 Å². The summed E-state index contributed by atoms with van der Waals surface area (Å²) < 4.78 is 35.4. The molecule has 1 aliphatic carbocycles. The van der Waals surface area contributed by atoms with Crippen molar-refractivity contribution in [1.29, 1.82) is 0 Å². The number of hydrogen-bond acceptors (Lipinski definition) is 5. The zero-order valence-electron chi connectivity index (χ0n) is 19.5. The Morgan fingerprint density at radius 3 is 2.58 bits per heavy atom. The average molecular weight is 463 g/mol. The number of ether oxygens (including phenoxy) is 1. The van der Waals surface area contributed by atoms with Gasteiger partial charge in [-0.25, -0.2) is 13.8 Å². The van der Waals surface area contributed by atoms with Gasteiger partial charge in [-0.3, -0.25) is 14.5 Å². The van der Waals surface area contributed by atoms with E-state index in [1.807, 2.05) is 45.9 Å². The quantitative estimate of drug-likeness (QED) is 0.677. The van der Waals surface area contributed by atoms with Gasteiger partial charge < -0.3 is 15.8 Å². The lowest BCUT2D eigenvalue weighted by molar-refractivity contribution is -0.130. The van der Waals surface area contributed by atoms with Crippen LogP contribution in [0.3, 0.4) is 0 Å². The Bertz CT molecular complexity index is 990. The van der Waals surface area contributed by atoms with E-state index in [0.717, 1.165) is 10.5 Å². The second-order valence-electron chi connectivity index (χ2n) is 10.0. The molecule has 2 heterocycles. The normalized spacial score (nSPS) is 28.9. The highest BCUT2D eigenvalue weighted by atomic mass is 19.3. The monoisotopic (exact) mass is 462 g/mol. The van der Waals surface area contributed by atoms with Crippen LogP contribution in [0, 0.1) is 11.8 Å². The molecular formula is C24H32F2N4O3. The molecule has 3 atom stereocenters. The summed E-state index contributed by atoms with van der Waals surface area (Å²) in [7, 11) is 0. The molecule has 7 nitrogen and oxygen atoms in total. The van der Waals surface area contributed by atoms with Crippen LogP contribution in [0.25, 0.3) is 0 Å². The van der Waals surface area contributed by atoms with E-state index in [4.69, 9.17) is 10.5 Å². The summed E-state index contributed by atoms with van der Waals surface area (Å²) in [6.45, 7) is 7.32. The van der Waals surface area contributed by atoms with E-state index in [2.05, 4.69) is 10.3 Å². The number of aliphatic imine (C=N–C) groups is 1. The standard InChI is InChI=1S/C24H32F2N4O3/c1-5-23(6-2)12-18(31)30(21(27)29-23)13-15-19(24(15,25)26)20(32)28-16-11-22(3,4)33-17-10-8-7-9-14(16)17/h7-10,15-16,19H,5-6,11-13H2,1-4H3,(H2,27,29)(H,28,32)/t15?,16-,19?/m1/s1. The molecule has 9 heteroatoms. The molecule has 1 fully saturated rings. The lowest BCUT2D eigenvalue weighted by Crippen LogP contribution is -2.52. The first-order chi connectivity index (χ1) is 15.4. The summed E-state index contributed by atoms with van der Waals surface area (Å²) >= 11 is 0. The molecule has 4 rings (SSSR count). The predicted octanol–water partition coefficient (Wildman–Crippen LogP) is 3.39. The Balaban J connectivity index is 1.48. The molecule has 180 valence electrons. The third-order valence-corrected chi connectivity index (χ3v) is 7.28. The van der Waals surface area contributed by atoms with Crippen molar-refractivity contribution in [3.8, 4) is 5.75 Å². The highest BCUT2D eigenvalue weighted by molar-refractivity contribution is 5.99. The second-order valence-corrected chi connectivity index (χ2v) is 10.0. The molecule has 0 bridgehead atoms. The topological polar surface area (TPSA) is 97.0 Å². The number of rotatable bonds is 6. The molecule has 1 saturated carbocycles. The maximum atomic E-state index is 14.7. The summed E-state index contributed by atoms with van der Waals surface area (Å²) in [5.74, 6) is -6.48. The maximum Gasteiger partial charge on any atom is 0.265 e. The number of nitrogens with two attached hydrogens (primary N) is 1. The van der Waals surface area contributed by atoms with Crippen LogP contribution in [0.15, 0.2) is 29.3 Å². The summed E-state index contributed by atoms with van der Waals surface area (Å²) in [6, 6.07) is 6.85. The van der Waals surface area contributed by atoms with Gasteiger partial charge >= 0.3 is 0 Å². The van der Waals surface area contributed by atoms with Crippen molar-refractivity contribution in [2.75, 3.05) is 6.54 Å². The van der Waals surface area contributed by atoms with Crippen LogP contribution in [0.4, 0.5) is 8.78 Å². The van der Waals surface area contributed by atoms with Gasteiger partial charge in [0, 0.05) is 18.5 Å². The van der Waals surface area contributed by atoms with E-state index in [1.165, 1.54) is 0 Å². The summed E-state index contributed by atoms with van der Waals surface area (Å²) in [6.07, 6.45) is 1.86. The number of para-hydroxylation sites is 1.